The molecular weight excluding hydrogens is 330 g/mol. The fourth-order valence-electron chi connectivity index (χ4n) is 2.64. The molecule has 1 aromatic rings. The van der Waals surface area contributed by atoms with E-state index in [9.17, 15) is 13.2 Å². The fraction of sp³-hybridized carbons (Fsp3) is 0.588. The van der Waals surface area contributed by atoms with Gasteiger partial charge in [-0.2, -0.15) is 8.42 Å². The van der Waals surface area contributed by atoms with Crippen molar-refractivity contribution in [2.24, 2.45) is 0 Å². The number of nitrogens with zero attached hydrogens (tertiary/aromatic N) is 1. The van der Waals surface area contributed by atoms with Crippen molar-refractivity contribution >= 4 is 16.2 Å². The van der Waals surface area contributed by atoms with Crippen molar-refractivity contribution in [1.29, 1.82) is 0 Å². The zero-order valence-electron chi connectivity index (χ0n) is 14.6. The highest BCUT2D eigenvalue weighted by atomic mass is 32.2. The van der Waals surface area contributed by atoms with E-state index in [-0.39, 0.29) is 17.5 Å². The summed E-state index contributed by atoms with van der Waals surface area (Å²) >= 11 is 0. The number of hydrogen-bond acceptors (Lipinski definition) is 5. The lowest BCUT2D eigenvalue weighted by Gasteiger charge is -2.28. The zero-order valence-corrected chi connectivity index (χ0v) is 15.4. The highest BCUT2D eigenvalue weighted by Gasteiger charge is 2.33. The third kappa shape index (κ3) is 4.70. The number of carbonyl (C=O) groups excluding carboxylic acids is 1. The van der Waals surface area contributed by atoms with Gasteiger partial charge in [-0.25, -0.2) is 4.79 Å². The van der Waals surface area contributed by atoms with Crippen LogP contribution in [-0.4, -0.2) is 44.2 Å². The largest absolute Gasteiger partial charge is 0.444 e. The van der Waals surface area contributed by atoms with Gasteiger partial charge < -0.3 is 9.64 Å². The van der Waals surface area contributed by atoms with Gasteiger partial charge in [-0.1, -0.05) is 18.2 Å². The topological polar surface area (TPSA) is 72.9 Å². The molecule has 1 fully saturated rings. The van der Waals surface area contributed by atoms with Crippen molar-refractivity contribution in [3.05, 3.63) is 29.8 Å². The van der Waals surface area contributed by atoms with Gasteiger partial charge in [0.1, 0.15) is 5.60 Å². The van der Waals surface area contributed by atoms with E-state index in [1.807, 2.05) is 0 Å². The fourth-order valence-corrected chi connectivity index (χ4v) is 3.81. The lowest BCUT2D eigenvalue weighted by molar-refractivity contribution is 0.0189. The smallest absolute Gasteiger partial charge is 0.410 e. The Labute approximate surface area is 143 Å². The number of aryl methyl sites for hydroxylation is 1. The molecule has 1 heterocycles. The maximum Gasteiger partial charge on any atom is 0.410 e. The Morgan fingerprint density at radius 3 is 2.58 bits per heavy atom. The summed E-state index contributed by atoms with van der Waals surface area (Å²) in [5.41, 5.74) is 0.0473. The highest BCUT2D eigenvalue weighted by molar-refractivity contribution is 7.86. The molecule has 1 amide bonds. The molecule has 6 nitrogen and oxygen atoms in total. The summed E-state index contributed by atoms with van der Waals surface area (Å²) in [6.45, 7) is 7.61. The Morgan fingerprint density at radius 2 is 1.96 bits per heavy atom. The van der Waals surface area contributed by atoms with E-state index in [1.165, 1.54) is 6.07 Å². The van der Waals surface area contributed by atoms with Gasteiger partial charge in [-0.15, -0.1) is 0 Å². The summed E-state index contributed by atoms with van der Waals surface area (Å²) in [5, 5.41) is 0. The molecule has 1 aliphatic rings. The van der Waals surface area contributed by atoms with Gasteiger partial charge in [-0.05, 0) is 52.2 Å². The predicted molar refractivity (Wildman–Crippen MR) is 90.3 cm³/mol. The summed E-state index contributed by atoms with van der Waals surface area (Å²) in [6.07, 6.45) is 1.07. The SMILES string of the molecule is Cc1ccccc1S(=O)(=O)OCC1CCCN1C(=O)OC(C)(C)C. The number of benzene rings is 1. The Bertz CT molecular complexity index is 693. The molecule has 0 radical (unpaired) electrons. The van der Waals surface area contributed by atoms with Crippen molar-refractivity contribution in [2.75, 3.05) is 13.2 Å². The number of amides is 1. The van der Waals surface area contributed by atoms with Crippen molar-refractivity contribution in [2.45, 2.75) is 57.1 Å². The van der Waals surface area contributed by atoms with E-state index in [0.29, 0.717) is 18.5 Å². The maximum atomic E-state index is 12.4. The third-order valence-corrected chi connectivity index (χ3v) is 5.23. The number of rotatable bonds is 4. The molecule has 7 heteroatoms. The minimum atomic E-state index is -3.84. The molecular formula is C17H25NO5S. The summed E-state index contributed by atoms with van der Waals surface area (Å²) in [6, 6.07) is 6.38. The minimum absolute atomic E-state index is 0.0596. The number of hydrogen-bond donors (Lipinski definition) is 0. The second kappa shape index (κ2) is 7.11. The average molecular weight is 355 g/mol. The molecule has 1 saturated heterocycles. The predicted octanol–water partition coefficient (Wildman–Crippen LogP) is 3.10. The second-order valence-corrected chi connectivity index (χ2v) is 8.56. The van der Waals surface area contributed by atoms with E-state index >= 15 is 0 Å². The first kappa shape index (κ1) is 18.7. The van der Waals surface area contributed by atoms with Crippen LogP contribution in [0.15, 0.2) is 29.2 Å². The van der Waals surface area contributed by atoms with Crippen LogP contribution >= 0.6 is 0 Å². The summed E-state index contributed by atoms with van der Waals surface area (Å²) in [4.78, 5) is 13.9. The molecule has 1 atom stereocenters. The van der Waals surface area contributed by atoms with Crippen LogP contribution in [0.1, 0.15) is 39.2 Å². The van der Waals surface area contributed by atoms with Gasteiger partial charge in [0.05, 0.1) is 17.5 Å². The van der Waals surface area contributed by atoms with Gasteiger partial charge >= 0.3 is 6.09 Å². The Kier molecular flexibility index (Phi) is 5.55. The van der Waals surface area contributed by atoms with Gasteiger partial charge in [0.2, 0.25) is 0 Å². The van der Waals surface area contributed by atoms with Crippen molar-refractivity contribution in [3.8, 4) is 0 Å². The standard InChI is InChI=1S/C17H25NO5S/c1-13-8-5-6-10-15(13)24(20,21)22-12-14-9-7-11-18(14)16(19)23-17(2,3)4/h5-6,8,10,14H,7,9,11-12H2,1-4H3. The lowest BCUT2D eigenvalue weighted by atomic mass is 10.2. The van der Waals surface area contributed by atoms with Crippen LogP contribution in [0.2, 0.25) is 0 Å². The highest BCUT2D eigenvalue weighted by Crippen LogP contribution is 2.23. The van der Waals surface area contributed by atoms with Crippen LogP contribution in [-0.2, 0) is 19.0 Å². The van der Waals surface area contributed by atoms with E-state index in [1.54, 1.807) is 50.8 Å². The summed E-state index contributed by atoms with van der Waals surface area (Å²) < 4.78 is 35.3. The van der Waals surface area contributed by atoms with Crippen LogP contribution in [0.4, 0.5) is 4.79 Å². The maximum absolute atomic E-state index is 12.4. The molecule has 2 rings (SSSR count). The van der Waals surface area contributed by atoms with E-state index in [4.69, 9.17) is 8.92 Å². The number of ether oxygens (including phenoxy) is 1. The zero-order chi connectivity index (χ0) is 18.0. The van der Waals surface area contributed by atoms with Crippen LogP contribution in [0, 0.1) is 6.92 Å². The summed E-state index contributed by atoms with van der Waals surface area (Å²) in [7, 11) is -3.84. The van der Waals surface area contributed by atoms with Gasteiger partial charge in [0.25, 0.3) is 10.1 Å². The quantitative estimate of drug-likeness (QED) is 0.776. The van der Waals surface area contributed by atoms with Crippen LogP contribution in [0.5, 0.6) is 0 Å². The van der Waals surface area contributed by atoms with Gasteiger partial charge in [0.15, 0.2) is 0 Å². The average Bonchev–Trinajstić information content (AvgIpc) is 2.92. The molecule has 0 saturated carbocycles. The molecule has 24 heavy (non-hydrogen) atoms. The molecule has 1 unspecified atom stereocenters. The van der Waals surface area contributed by atoms with E-state index < -0.39 is 21.8 Å². The lowest BCUT2D eigenvalue weighted by Crippen LogP contribution is -2.42. The van der Waals surface area contributed by atoms with Crippen LogP contribution in [0.25, 0.3) is 0 Å². The van der Waals surface area contributed by atoms with Gasteiger partial charge in [0, 0.05) is 6.54 Å². The first-order chi connectivity index (χ1) is 11.1. The van der Waals surface area contributed by atoms with Crippen molar-refractivity contribution < 1.29 is 22.1 Å². The monoisotopic (exact) mass is 355 g/mol. The third-order valence-electron chi connectivity index (χ3n) is 3.78. The van der Waals surface area contributed by atoms with Crippen molar-refractivity contribution in [1.82, 2.24) is 4.90 Å². The van der Waals surface area contributed by atoms with E-state index in [2.05, 4.69) is 0 Å². The first-order valence-electron chi connectivity index (χ1n) is 8.05. The minimum Gasteiger partial charge on any atom is -0.444 e. The van der Waals surface area contributed by atoms with Crippen LogP contribution in [0.3, 0.4) is 0 Å². The molecule has 0 bridgehead atoms. The summed E-state index contributed by atoms with van der Waals surface area (Å²) in [5.74, 6) is 0. The Balaban J connectivity index is 2.03. The molecule has 1 aliphatic heterocycles. The second-order valence-electron chi connectivity index (χ2n) is 6.97. The van der Waals surface area contributed by atoms with E-state index in [0.717, 1.165) is 6.42 Å². The van der Waals surface area contributed by atoms with Crippen molar-refractivity contribution in [3.63, 3.8) is 0 Å². The molecule has 0 aromatic heterocycles. The Morgan fingerprint density at radius 1 is 1.29 bits per heavy atom. The molecule has 0 N–H and O–H groups in total. The molecule has 0 aliphatic carbocycles. The first-order valence-corrected chi connectivity index (χ1v) is 9.46. The number of likely N-dealkylation sites (tertiary alicyclic amines) is 1. The van der Waals surface area contributed by atoms with Crippen LogP contribution < -0.4 is 0 Å². The molecule has 134 valence electrons. The molecule has 0 spiro atoms. The molecule has 1 aromatic carbocycles. The number of carbonyl (C=O) groups is 1. The Hall–Kier alpha value is -1.60. The van der Waals surface area contributed by atoms with Gasteiger partial charge in [-0.3, -0.25) is 4.18 Å². The normalized spacial score (nSPS) is 18.7.